The average molecular weight is 494 g/mol. The Morgan fingerprint density at radius 1 is 1.31 bits per heavy atom. The Kier molecular flexibility index (Phi) is 6.37. The van der Waals surface area contributed by atoms with Crippen LogP contribution in [0.3, 0.4) is 0 Å². The van der Waals surface area contributed by atoms with Crippen LogP contribution in [0.4, 0.5) is 18.2 Å². The van der Waals surface area contributed by atoms with Gasteiger partial charge < -0.3 is 10.1 Å². The fraction of sp³-hybridized carbons (Fsp3) is 0.500. The van der Waals surface area contributed by atoms with Gasteiger partial charge in [-0.15, -0.1) is 11.3 Å². The average Bonchev–Trinajstić information content (AvgIpc) is 3.15. The quantitative estimate of drug-likeness (QED) is 0.597. The largest absolute Gasteiger partial charge is 0.462 e. The van der Waals surface area contributed by atoms with Crippen LogP contribution >= 0.6 is 27.3 Å². The molecule has 29 heavy (non-hydrogen) atoms. The summed E-state index contributed by atoms with van der Waals surface area (Å²) in [5, 5.41) is 6.57. The number of halogens is 4. The molecule has 0 radical (unpaired) electrons. The number of aromatic nitrogens is 2. The number of thiophene rings is 1. The van der Waals surface area contributed by atoms with Crippen molar-refractivity contribution in [2.24, 2.45) is 7.05 Å². The Bertz CT molecular complexity index is 953. The predicted molar refractivity (Wildman–Crippen MR) is 105 cm³/mol. The molecule has 2 aromatic heterocycles. The summed E-state index contributed by atoms with van der Waals surface area (Å²) in [7, 11) is 1.11. The number of esters is 1. The number of nitrogens with one attached hydrogen (secondary N) is 1. The van der Waals surface area contributed by atoms with E-state index in [1.165, 1.54) is 11.3 Å². The fourth-order valence-corrected chi connectivity index (χ4v) is 5.26. The first-order valence-electron chi connectivity index (χ1n) is 9.07. The highest BCUT2D eigenvalue weighted by molar-refractivity contribution is 9.10. The van der Waals surface area contributed by atoms with E-state index in [0.29, 0.717) is 23.1 Å². The van der Waals surface area contributed by atoms with Crippen molar-refractivity contribution < 1.29 is 27.5 Å². The topological polar surface area (TPSA) is 73.2 Å². The van der Waals surface area contributed by atoms with Crippen LogP contribution in [0, 0.1) is 0 Å². The van der Waals surface area contributed by atoms with E-state index >= 15 is 0 Å². The molecule has 6 nitrogen and oxygen atoms in total. The molecule has 2 heterocycles. The number of nitrogens with zero attached hydrogens (tertiary/aromatic N) is 2. The first-order valence-corrected chi connectivity index (χ1v) is 10.7. The molecule has 0 spiro atoms. The zero-order valence-electron chi connectivity index (χ0n) is 15.8. The number of carbonyl (C=O) groups excluding carboxylic acids is 2. The molecule has 158 valence electrons. The molecular formula is C18H19BrF3N3O3S. The van der Waals surface area contributed by atoms with Crippen LogP contribution in [0.15, 0.2) is 4.47 Å². The van der Waals surface area contributed by atoms with Crippen molar-refractivity contribution in [1.82, 2.24) is 9.78 Å². The molecule has 2 aromatic rings. The normalized spacial score (nSPS) is 13.9. The van der Waals surface area contributed by atoms with Crippen LogP contribution in [-0.2, 0) is 30.8 Å². The van der Waals surface area contributed by atoms with Crippen LogP contribution in [0.5, 0.6) is 0 Å². The van der Waals surface area contributed by atoms with E-state index in [0.717, 1.165) is 36.8 Å². The second kappa shape index (κ2) is 8.47. The third-order valence-corrected chi connectivity index (χ3v) is 6.47. The molecule has 11 heteroatoms. The highest BCUT2D eigenvalue weighted by Crippen LogP contribution is 2.40. The molecule has 0 aliphatic heterocycles. The standard InChI is InChI=1S/C18H19BrF3N3O3S/c1-3-8-28-17(27)11-9-6-4-5-7-10(9)29-16(11)23-15(26)13-12(19)14(18(20,21)22)25(2)24-13/h3-8H2,1-2H3,(H,23,26). The van der Waals surface area contributed by atoms with E-state index in [1.807, 2.05) is 6.92 Å². The molecule has 0 fully saturated rings. The lowest BCUT2D eigenvalue weighted by molar-refractivity contribution is -0.144. The van der Waals surface area contributed by atoms with Gasteiger partial charge in [-0.05, 0) is 53.6 Å². The summed E-state index contributed by atoms with van der Waals surface area (Å²) in [6, 6.07) is 0. The summed E-state index contributed by atoms with van der Waals surface area (Å²) < 4.78 is 44.9. The maximum Gasteiger partial charge on any atom is 0.434 e. The monoisotopic (exact) mass is 493 g/mol. The fourth-order valence-electron chi connectivity index (χ4n) is 3.25. The maximum absolute atomic E-state index is 13.2. The lowest BCUT2D eigenvalue weighted by Gasteiger charge is -2.12. The summed E-state index contributed by atoms with van der Waals surface area (Å²) in [6.45, 7) is 2.12. The van der Waals surface area contributed by atoms with E-state index in [1.54, 1.807) is 0 Å². The van der Waals surface area contributed by atoms with Crippen molar-refractivity contribution in [3.8, 4) is 0 Å². The Labute approximate surface area is 177 Å². The van der Waals surface area contributed by atoms with Crippen LogP contribution < -0.4 is 5.32 Å². The zero-order chi connectivity index (χ0) is 21.3. The van der Waals surface area contributed by atoms with Gasteiger partial charge in [0.1, 0.15) is 5.00 Å². The van der Waals surface area contributed by atoms with Crippen LogP contribution in [0.2, 0.25) is 0 Å². The molecule has 0 unspecified atom stereocenters. The number of ether oxygens (including phenoxy) is 1. The highest BCUT2D eigenvalue weighted by Gasteiger charge is 2.40. The van der Waals surface area contributed by atoms with Gasteiger partial charge in [-0.25, -0.2) is 4.79 Å². The van der Waals surface area contributed by atoms with Crippen molar-refractivity contribution in [3.63, 3.8) is 0 Å². The van der Waals surface area contributed by atoms with Gasteiger partial charge in [-0.2, -0.15) is 18.3 Å². The van der Waals surface area contributed by atoms with Gasteiger partial charge >= 0.3 is 12.1 Å². The van der Waals surface area contributed by atoms with E-state index in [4.69, 9.17) is 4.74 Å². The molecule has 0 saturated heterocycles. The summed E-state index contributed by atoms with van der Waals surface area (Å²) in [6.07, 6.45) is -0.632. The van der Waals surface area contributed by atoms with Gasteiger partial charge in [0.2, 0.25) is 0 Å². The predicted octanol–water partition coefficient (Wildman–Crippen LogP) is 4.96. The van der Waals surface area contributed by atoms with Crippen LogP contribution in [0.25, 0.3) is 0 Å². The van der Waals surface area contributed by atoms with E-state index in [-0.39, 0.29) is 11.6 Å². The lowest BCUT2D eigenvalue weighted by Crippen LogP contribution is -2.17. The number of amides is 1. The number of hydrogen-bond acceptors (Lipinski definition) is 5. The third-order valence-electron chi connectivity index (χ3n) is 4.51. The third kappa shape index (κ3) is 4.35. The molecule has 0 aromatic carbocycles. The minimum atomic E-state index is -4.67. The van der Waals surface area contributed by atoms with Gasteiger partial charge in [-0.3, -0.25) is 9.48 Å². The van der Waals surface area contributed by atoms with Crippen LogP contribution in [0.1, 0.15) is 63.2 Å². The van der Waals surface area contributed by atoms with Crippen molar-refractivity contribution in [1.29, 1.82) is 0 Å². The smallest absolute Gasteiger partial charge is 0.434 e. The first kappa shape index (κ1) is 21.8. The second-order valence-corrected chi connectivity index (χ2v) is 8.54. The summed E-state index contributed by atoms with van der Waals surface area (Å²) in [5.74, 6) is -1.36. The molecule has 1 amide bonds. The molecular weight excluding hydrogens is 475 g/mol. The molecule has 0 bridgehead atoms. The first-order chi connectivity index (χ1) is 13.6. The number of aryl methyl sites for hydroxylation is 2. The Morgan fingerprint density at radius 3 is 2.62 bits per heavy atom. The van der Waals surface area contributed by atoms with Crippen molar-refractivity contribution in [2.75, 3.05) is 11.9 Å². The van der Waals surface area contributed by atoms with Crippen molar-refractivity contribution >= 4 is 44.1 Å². The highest BCUT2D eigenvalue weighted by atomic mass is 79.9. The maximum atomic E-state index is 13.2. The molecule has 0 atom stereocenters. The molecule has 1 aliphatic carbocycles. The van der Waals surface area contributed by atoms with E-state index in [9.17, 15) is 22.8 Å². The van der Waals surface area contributed by atoms with E-state index in [2.05, 4.69) is 26.3 Å². The second-order valence-electron chi connectivity index (χ2n) is 6.64. The number of anilines is 1. The van der Waals surface area contributed by atoms with E-state index < -0.39 is 33.9 Å². The van der Waals surface area contributed by atoms with Gasteiger partial charge in [0.15, 0.2) is 11.4 Å². The SMILES string of the molecule is CCCOC(=O)c1c(NC(=O)c2nn(C)c(C(F)(F)F)c2Br)sc2c1CCCC2. The minimum Gasteiger partial charge on any atom is -0.462 e. The van der Waals surface area contributed by atoms with Crippen molar-refractivity contribution in [3.05, 3.63) is 31.9 Å². The summed E-state index contributed by atoms with van der Waals surface area (Å²) in [5.41, 5.74) is -0.307. The molecule has 3 rings (SSSR count). The summed E-state index contributed by atoms with van der Waals surface area (Å²) >= 11 is 4.10. The Morgan fingerprint density at radius 2 is 2.00 bits per heavy atom. The minimum absolute atomic E-state index is 0.248. The zero-order valence-corrected chi connectivity index (χ0v) is 18.2. The Hall–Kier alpha value is -1.88. The number of alkyl halides is 3. The summed E-state index contributed by atoms with van der Waals surface area (Å²) in [4.78, 5) is 26.3. The van der Waals surface area contributed by atoms with Crippen LogP contribution in [-0.4, -0.2) is 28.3 Å². The number of hydrogen-bond donors (Lipinski definition) is 1. The van der Waals surface area contributed by atoms with Gasteiger partial charge in [-0.1, -0.05) is 6.92 Å². The Balaban J connectivity index is 1.95. The number of fused-ring (bicyclic) bond motifs is 1. The molecule has 1 aliphatic rings. The molecule has 0 saturated carbocycles. The van der Waals surface area contributed by atoms with Gasteiger partial charge in [0.05, 0.1) is 16.6 Å². The van der Waals surface area contributed by atoms with Gasteiger partial charge in [0.25, 0.3) is 5.91 Å². The number of rotatable bonds is 5. The lowest BCUT2D eigenvalue weighted by atomic mass is 9.95. The number of carbonyl (C=O) groups is 2. The van der Waals surface area contributed by atoms with Crippen molar-refractivity contribution in [2.45, 2.75) is 45.2 Å². The molecule has 1 N–H and O–H groups in total. The van der Waals surface area contributed by atoms with Gasteiger partial charge in [0, 0.05) is 11.9 Å².